The van der Waals surface area contributed by atoms with Crippen molar-refractivity contribution in [3.8, 4) is 11.1 Å². The number of unbranched alkanes of at least 4 members (excludes halogenated alkanes) is 2. The maximum atomic E-state index is 13.8. The van der Waals surface area contributed by atoms with E-state index in [-0.39, 0.29) is 6.67 Å². The number of benzene rings is 2. The fraction of sp³-hybridized carbons (Fsp3) is 0.481. The van der Waals surface area contributed by atoms with Gasteiger partial charge in [-0.15, -0.1) is 0 Å². The molecular formula is C27H32F4. The van der Waals surface area contributed by atoms with E-state index in [1.165, 1.54) is 49.8 Å². The molecule has 0 unspecified atom stereocenters. The van der Waals surface area contributed by atoms with Crippen LogP contribution >= 0.6 is 0 Å². The molecule has 0 spiro atoms. The summed E-state index contributed by atoms with van der Waals surface area (Å²) in [5.41, 5.74) is 2.15. The molecule has 0 nitrogen and oxygen atoms in total. The van der Waals surface area contributed by atoms with Gasteiger partial charge in [0.15, 0.2) is 0 Å². The van der Waals surface area contributed by atoms with Crippen molar-refractivity contribution in [1.82, 2.24) is 0 Å². The van der Waals surface area contributed by atoms with Crippen LogP contribution < -0.4 is 0 Å². The summed E-state index contributed by atoms with van der Waals surface area (Å²) in [6, 6.07) is 11.9. The summed E-state index contributed by atoms with van der Waals surface area (Å²) in [6.45, 7) is -0.214. The average molecular weight is 433 g/mol. The zero-order valence-corrected chi connectivity index (χ0v) is 18.0. The number of rotatable bonds is 10. The Hall–Kier alpha value is -2.10. The first-order valence-corrected chi connectivity index (χ1v) is 11.5. The van der Waals surface area contributed by atoms with Crippen LogP contribution in [0.4, 0.5) is 17.6 Å². The van der Waals surface area contributed by atoms with Gasteiger partial charge in [0.1, 0.15) is 5.82 Å². The Balaban J connectivity index is 1.43. The lowest BCUT2D eigenvalue weighted by Gasteiger charge is -2.26. The second-order valence-corrected chi connectivity index (χ2v) is 8.67. The number of hydrogen-bond donors (Lipinski definition) is 0. The Labute approximate surface area is 183 Å². The fourth-order valence-corrected chi connectivity index (χ4v) is 4.43. The first-order chi connectivity index (χ1) is 15.1. The quantitative estimate of drug-likeness (QED) is 0.200. The highest BCUT2D eigenvalue weighted by Crippen LogP contribution is 2.33. The van der Waals surface area contributed by atoms with Crippen molar-refractivity contribution in [2.75, 3.05) is 6.67 Å². The summed E-state index contributed by atoms with van der Waals surface area (Å²) in [5, 5.41) is 0. The van der Waals surface area contributed by atoms with E-state index in [2.05, 4.69) is 24.3 Å². The molecule has 168 valence electrons. The van der Waals surface area contributed by atoms with E-state index in [9.17, 15) is 17.6 Å². The second-order valence-electron chi connectivity index (χ2n) is 8.67. The lowest BCUT2D eigenvalue weighted by Crippen LogP contribution is -2.13. The molecule has 1 aliphatic carbocycles. The van der Waals surface area contributed by atoms with E-state index in [4.69, 9.17) is 0 Å². The first kappa shape index (κ1) is 23.6. The number of halogens is 4. The smallest absolute Gasteiger partial charge is 0.251 e. The van der Waals surface area contributed by atoms with Crippen LogP contribution in [0.2, 0.25) is 0 Å². The zero-order valence-electron chi connectivity index (χ0n) is 18.0. The molecule has 4 heteroatoms. The molecule has 0 saturated heterocycles. The third kappa shape index (κ3) is 7.22. The van der Waals surface area contributed by atoms with E-state index in [0.29, 0.717) is 17.9 Å². The van der Waals surface area contributed by atoms with Gasteiger partial charge in [-0.25, -0.2) is 13.2 Å². The summed E-state index contributed by atoms with van der Waals surface area (Å²) < 4.78 is 51.4. The second kappa shape index (κ2) is 12.1. The third-order valence-electron chi connectivity index (χ3n) is 6.42. The SMILES string of the molecule is FCCCC/C=C/C1CCC(CCc2ccc(-c3ccc(C(F)F)c(F)c3)cc2)CC1. The van der Waals surface area contributed by atoms with Gasteiger partial charge in [0.25, 0.3) is 6.43 Å². The zero-order chi connectivity index (χ0) is 22.1. The summed E-state index contributed by atoms with van der Waals surface area (Å²) in [5.74, 6) is 0.575. The Morgan fingerprint density at radius 3 is 2.26 bits per heavy atom. The Morgan fingerprint density at radius 1 is 0.903 bits per heavy atom. The van der Waals surface area contributed by atoms with Gasteiger partial charge < -0.3 is 0 Å². The van der Waals surface area contributed by atoms with E-state index in [1.807, 2.05) is 12.1 Å². The van der Waals surface area contributed by atoms with Crippen LogP contribution in [-0.4, -0.2) is 6.67 Å². The largest absolute Gasteiger partial charge is 0.266 e. The van der Waals surface area contributed by atoms with Crippen molar-refractivity contribution in [2.24, 2.45) is 11.8 Å². The molecule has 2 aromatic rings. The lowest BCUT2D eigenvalue weighted by atomic mass is 9.79. The van der Waals surface area contributed by atoms with Gasteiger partial charge in [-0.3, -0.25) is 4.39 Å². The standard InChI is InChI=1S/C27H32F4/c28-18-4-2-1-3-5-20-6-8-21(9-7-20)10-11-22-12-14-23(15-13-22)24-16-17-25(27(30)31)26(29)19-24/h3,5,12-17,19-21,27H,1-2,4,6-11,18H2/b5-3+. The Bertz CT molecular complexity index is 818. The Morgan fingerprint density at radius 2 is 1.61 bits per heavy atom. The van der Waals surface area contributed by atoms with Gasteiger partial charge in [0.05, 0.1) is 12.2 Å². The molecule has 0 aliphatic heterocycles. The predicted octanol–water partition coefficient (Wildman–Crippen LogP) is 8.87. The van der Waals surface area contributed by atoms with Gasteiger partial charge in [-0.1, -0.05) is 42.5 Å². The summed E-state index contributed by atoms with van der Waals surface area (Å²) in [7, 11) is 0. The van der Waals surface area contributed by atoms with Crippen molar-refractivity contribution in [3.63, 3.8) is 0 Å². The molecular weight excluding hydrogens is 400 g/mol. The van der Waals surface area contributed by atoms with Crippen LogP contribution in [0.1, 0.15) is 68.9 Å². The molecule has 2 aromatic carbocycles. The van der Waals surface area contributed by atoms with Crippen molar-refractivity contribution in [1.29, 1.82) is 0 Å². The van der Waals surface area contributed by atoms with Crippen LogP contribution in [-0.2, 0) is 6.42 Å². The monoisotopic (exact) mass is 432 g/mol. The van der Waals surface area contributed by atoms with Crippen LogP contribution in [0.3, 0.4) is 0 Å². The van der Waals surface area contributed by atoms with Gasteiger partial charge in [-0.05, 0) is 98.4 Å². The molecule has 0 amide bonds. The average Bonchev–Trinajstić information content (AvgIpc) is 2.78. The maximum absolute atomic E-state index is 13.8. The number of hydrogen-bond acceptors (Lipinski definition) is 0. The fourth-order valence-electron chi connectivity index (χ4n) is 4.43. The number of aryl methyl sites for hydroxylation is 1. The minimum absolute atomic E-state index is 0.214. The van der Waals surface area contributed by atoms with Crippen LogP contribution in [0.5, 0.6) is 0 Å². The number of allylic oxidation sites excluding steroid dienone is 2. The van der Waals surface area contributed by atoms with Crippen LogP contribution in [0, 0.1) is 17.7 Å². The van der Waals surface area contributed by atoms with Crippen molar-refractivity contribution < 1.29 is 17.6 Å². The summed E-state index contributed by atoms with van der Waals surface area (Å²) in [6.07, 6.45) is 11.6. The molecule has 0 N–H and O–H groups in total. The van der Waals surface area contributed by atoms with Crippen molar-refractivity contribution >= 4 is 0 Å². The normalized spacial score (nSPS) is 19.4. The summed E-state index contributed by atoms with van der Waals surface area (Å²) >= 11 is 0. The molecule has 1 aliphatic rings. The van der Waals surface area contributed by atoms with E-state index >= 15 is 0 Å². The summed E-state index contributed by atoms with van der Waals surface area (Å²) in [4.78, 5) is 0. The minimum Gasteiger partial charge on any atom is -0.251 e. The van der Waals surface area contributed by atoms with Crippen molar-refractivity contribution in [3.05, 3.63) is 71.6 Å². The topological polar surface area (TPSA) is 0 Å². The van der Waals surface area contributed by atoms with E-state index in [0.717, 1.165) is 30.7 Å². The van der Waals surface area contributed by atoms with Gasteiger partial charge in [0, 0.05) is 0 Å². The number of alkyl halides is 3. The molecule has 31 heavy (non-hydrogen) atoms. The minimum atomic E-state index is -2.80. The third-order valence-corrected chi connectivity index (χ3v) is 6.42. The molecule has 0 radical (unpaired) electrons. The molecule has 1 fully saturated rings. The first-order valence-electron chi connectivity index (χ1n) is 11.5. The van der Waals surface area contributed by atoms with Crippen molar-refractivity contribution in [2.45, 2.75) is 64.2 Å². The van der Waals surface area contributed by atoms with Crippen LogP contribution in [0.25, 0.3) is 11.1 Å². The maximum Gasteiger partial charge on any atom is 0.266 e. The molecule has 3 rings (SSSR count). The van der Waals surface area contributed by atoms with E-state index < -0.39 is 17.8 Å². The molecule has 0 heterocycles. The highest BCUT2D eigenvalue weighted by atomic mass is 19.3. The highest BCUT2D eigenvalue weighted by Gasteiger charge is 2.19. The van der Waals surface area contributed by atoms with Gasteiger partial charge >= 0.3 is 0 Å². The highest BCUT2D eigenvalue weighted by molar-refractivity contribution is 5.64. The molecule has 0 atom stereocenters. The predicted molar refractivity (Wildman–Crippen MR) is 120 cm³/mol. The van der Waals surface area contributed by atoms with Crippen LogP contribution in [0.15, 0.2) is 54.6 Å². The van der Waals surface area contributed by atoms with Gasteiger partial charge in [-0.2, -0.15) is 0 Å². The van der Waals surface area contributed by atoms with Gasteiger partial charge in [0.2, 0.25) is 0 Å². The molecule has 1 saturated carbocycles. The lowest BCUT2D eigenvalue weighted by molar-refractivity contribution is 0.146. The molecule has 0 aromatic heterocycles. The molecule has 0 bridgehead atoms. The van der Waals surface area contributed by atoms with E-state index in [1.54, 1.807) is 6.07 Å². The Kier molecular flexibility index (Phi) is 9.17.